The molecule has 0 unspecified atom stereocenters. The molecule has 4 heteroatoms. The van der Waals surface area contributed by atoms with Crippen LogP contribution in [-0.2, 0) is 20.1 Å². The average Bonchev–Trinajstić information content (AvgIpc) is 2.62. The summed E-state index contributed by atoms with van der Waals surface area (Å²) in [7, 11) is 3.27. The SMILES string of the molecule is COc1ccc(-c2cc[c-]c(-c3ccccn3)c2)cc1OC.[Ir]. The van der Waals surface area contributed by atoms with Gasteiger partial charge in [-0.05, 0) is 29.5 Å². The van der Waals surface area contributed by atoms with E-state index in [1.807, 2.05) is 48.5 Å². The Labute approximate surface area is 149 Å². The first-order valence-electron chi connectivity index (χ1n) is 6.97. The molecule has 0 aliphatic rings. The second-order valence-electron chi connectivity index (χ2n) is 4.78. The maximum absolute atomic E-state index is 5.37. The van der Waals surface area contributed by atoms with Gasteiger partial charge in [0.2, 0.25) is 0 Å². The van der Waals surface area contributed by atoms with E-state index in [9.17, 15) is 0 Å². The molecule has 0 aliphatic heterocycles. The molecule has 0 saturated heterocycles. The number of rotatable bonds is 4. The van der Waals surface area contributed by atoms with Gasteiger partial charge in [0, 0.05) is 26.3 Å². The maximum atomic E-state index is 5.37. The first-order valence-corrected chi connectivity index (χ1v) is 6.97. The van der Waals surface area contributed by atoms with Crippen molar-refractivity contribution in [3.8, 4) is 33.9 Å². The van der Waals surface area contributed by atoms with Crippen molar-refractivity contribution in [2.75, 3.05) is 14.2 Å². The van der Waals surface area contributed by atoms with Crippen LogP contribution in [0.3, 0.4) is 0 Å². The average molecular weight is 483 g/mol. The number of aromatic nitrogens is 1. The van der Waals surface area contributed by atoms with Gasteiger partial charge in [-0.2, -0.15) is 0 Å². The van der Waals surface area contributed by atoms with Crippen LogP contribution in [0.25, 0.3) is 22.4 Å². The molecule has 1 aromatic heterocycles. The van der Waals surface area contributed by atoms with Crippen LogP contribution in [0.1, 0.15) is 0 Å². The quantitative estimate of drug-likeness (QED) is 0.522. The zero-order valence-corrected chi connectivity index (χ0v) is 15.3. The third-order valence-corrected chi connectivity index (χ3v) is 3.46. The molecule has 0 amide bonds. The van der Waals surface area contributed by atoms with Crippen molar-refractivity contribution in [1.82, 2.24) is 4.98 Å². The molecule has 0 fully saturated rings. The Morgan fingerprint density at radius 1 is 0.870 bits per heavy atom. The molecule has 2 aromatic carbocycles. The number of hydrogen-bond acceptors (Lipinski definition) is 3. The zero-order chi connectivity index (χ0) is 15.4. The fourth-order valence-corrected chi connectivity index (χ4v) is 2.33. The minimum Gasteiger partial charge on any atom is -0.493 e. The molecule has 3 nitrogen and oxygen atoms in total. The van der Waals surface area contributed by atoms with Crippen molar-refractivity contribution in [2.45, 2.75) is 0 Å². The minimum atomic E-state index is 0. The number of ether oxygens (including phenoxy) is 2. The first kappa shape index (κ1) is 17.2. The Morgan fingerprint density at radius 2 is 1.65 bits per heavy atom. The summed E-state index contributed by atoms with van der Waals surface area (Å²) in [6.45, 7) is 0. The molecule has 0 N–H and O–H groups in total. The minimum absolute atomic E-state index is 0. The summed E-state index contributed by atoms with van der Waals surface area (Å²) in [5, 5.41) is 0. The third-order valence-electron chi connectivity index (χ3n) is 3.46. The van der Waals surface area contributed by atoms with Crippen molar-refractivity contribution >= 4 is 0 Å². The Kier molecular flexibility index (Phi) is 5.91. The van der Waals surface area contributed by atoms with E-state index in [1.165, 1.54) is 0 Å². The van der Waals surface area contributed by atoms with Crippen molar-refractivity contribution in [1.29, 1.82) is 0 Å². The van der Waals surface area contributed by atoms with E-state index >= 15 is 0 Å². The van der Waals surface area contributed by atoms with Gasteiger partial charge in [-0.15, -0.1) is 35.4 Å². The number of methoxy groups -OCH3 is 2. The van der Waals surface area contributed by atoms with Crippen LogP contribution in [-0.4, -0.2) is 19.2 Å². The smallest absolute Gasteiger partial charge is 0.161 e. The Hall–Kier alpha value is -2.16. The third kappa shape index (κ3) is 3.79. The molecule has 0 saturated carbocycles. The van der Waals surface area contributed by atoms with Gasteiger partial charge in [-0.3, -0.25) is 0 Å². The van der Waals surface area contributed by atoms with Gasteiger partial charge in [0.05, 0.1) is 14.2 Å². The molecule has 0 spiro atoms. The van der Waals surface area contributed by atoms with Crippen molar-refractivity contribution in [2.24, 2.45) is 0 Å². The maximum Gasteiger partial charge on any atom is 0.161 e. The van der Waals surface area contributed by atoms with E-state index in [0.29, 0.717) is 5.75 Å². The summed E-state index contributed by atoms with van der Waals surface area (Å²) in [4.78, 5) is 4.37. The molecule has 0 atom stereocenters. The number of nitrogens with zero attached hydrogens (tertiary/aromatic N) is 1. The van der Waals surface area contributed by atoms with Crippen LogP contribution in [0.15, 0.2) is 60.8 Å². The van der Waals surface area contributed by atoms with Crippen molar-refractivity contribution < 1.29 is 29.6 Å². The topological polar surface area (TPSA) is 31.4 Å². The number of hydrogen-bond donors (Lipinski definition) is 0. The molecular formula is C19H16IrNO2-. The standard InChI is InChI=1S/C19H16NO2.Ir/c1-21-18-10-9-15(13-19(18)22-2)14-6-5-7-16(12-14)17-8-3-4-11-20-17;/h3-6,8-13H,1-2H3;/q-1;. The van der Waals surface area contributed by atoms with Gasteiger partial charge in [-0.25, -0.2) is 0 Å². The monoisotopic (exact) mass is 483 g/mol. The van der Waals surface area contributed by atoms with E-state index in [2.05, 4.69) is 17.1 Å². The van der Waals surface area contributed by atoms with E-state index < -0.39 is 0 Å². The summed E-state index contributed by atoms with van der Waals surface area (Å²) in [5.41, 5.74) is 4.02. The summed E-state index contributed by atoms with van der Waals surface area (Å²) in [6.07, 6.45) is 1.78. The Morgan fingerprint density at radius 3 is 2.35 bits per heavy atom. The zero-order valence-electron chi connectivity index (χ0n) is 12.9. The predicted octanol–water partition coefficient (Wildman–Crippen LogP) is 4.23. The molecular weight excluding hydrogens is 466 g/mol. The Balaban J connectivity index is 0.00000192. The molecule has 3 rings (SSSR count). The van der Waals surface area contributed by atoms with E-state index in [4.69, 9.17) is 9.47 Å². The van der Waals surface area contributed by atoms with Gasteiger partial charge >= 0.3 is 0 Å². The van der Waals surface area contributed by atoms with Gasteiger partial charge in [0.15, 0.2) is 11.5 Å². The van der Waals surface area contributed by atoms with Gasteiger partial charge in [0.25, 0.3) is 0 Å². The number of benzene rings is 2. The van der Waals surface area contributed by atoms with Gasteiger partial charge in [-0.1, -0.05) is 18.2 Å². The molecule has 119 valence electrons. The largest absolute Gasteiger partial charge is 0.493 e. The van der Waals surface area contributed by atoms with Crippen LogP contribution in [0, 0.1) is 6.07 Å². The van der Waals surface area contributed by atoms with Crippen molar-refractivity contribution in [3.63, 3.8) is 0 Å². The normalized spacial score (nSPS) is 9.83. The molecule has 0 aliphatic carbocycles. The summed E-state index contributed by atoms with van der Waals surface area (Å²) in [5.74, 6) is 1.44. The predicted molar refractivity (Wildman–Crippen MR) is 87.0 cm³/mol. The van der Waals surface area contributed by atoms with E-state index in [-0.39, 0.29) is 20.1 Å². The second-order valence-corrected chi connectivity index (χ2v) is 4.78. The van der Waals surface area contributed by atoms with Crippen LogP contribution in [0.5, 0.6) is 11.5 Å². The van der Waals surface area contributed by atoms with E-state index in [0.717, 1.165) is 28.1 Å². The van der Waals surface area contributed by atoms with Crippen LogP contribution < -0.4 is 9.47 Å². The molecule has 23 heavy (non-hydrogen) atoms. The fraction of sp³-hybridized carbons (Fsp3) is 0.105. The fourth-order valence-electron chi connectivity index (χ4n) is 2.33. The van der Waals surface area contributed by atoms with Gasteiger partial charge in [0.1, 0.15) is 0 Å². The number of pyridine rings is 1. The molecule has 1 radical (unpaired) electrons. The summed E-state index contributed by atoms with van der Waals surface area (Å²) in [6, 6.07) is 21.0. The summed E-state index contributed by atoms with van der Waals surface area (Å²) >= 11 is 0. The second kappa shape index (κ2) is 7.91. The summed E-state index contributed by atoms with van der Waals surface area (Å²) < 4.78 is 10.6. The Bertz CT molecular complexity index is 775. The first-order chi connectivity index (χ1) is 10.8. The van der Waals surface area contributed by atoms with Crippen molar-refractivity contribution in [3.05, 3.63) is 66.9 Å². The molecule has 1 heterocycles. The molecule has 3 aromatic rings. The molecule has 0 bridgehead atoms. The van der Waals surface area contributed by atoms with E-state index in [1.54, 1.807) is 20.4 Å². The van der Waals surface area contributed by atoms with Crippen LogP contribution in [0.2, 0.25) is 0 Å². The van der Waals surface area contributed by atoms with Gasteiger partial charge < -0.3 is 14.5 Å². The van der Waals surface area contributed by atoms with Crippen LogP contribution in [0.4, 0.5) is 0 Å². The van der Waals surface area contributed by atoms with Crippen LogP contribution >= 0.6 is 0 Å².